The van der Waals surface area contributed by atoms with Gasteiger partial charge in [0, 0.05) is 16.7 Å². The van der Waals surface area contributed by atoms with Crippen molar-refractivity contribution in [2.75, 3.05) is 17.2 Å². The van der Waals surface area contributed by atoms with Gasteiger partial charge in [0.15, 0.2) is 5.82 Å². The van der Waals surface area contributed by atoms with Crippen LogP contribution < -0.4 is 10.6 Å². The van der Waals surface area contributed by atoms with Crippen molar-refractivity contribution < 1.29 is 0 Å². The largest absolute Gasteiger partial charge is 0.368 e. The zero-order valence-corrected chi connectivity index (χ0v) is 14.9. The van der Waals surface area contributed by atoms with Crippen molar-refractivity contribution in [2.24, 2.45) is 0 Å². The second-order valence-corrected chi connectivity index (χ2v) is 6.27. The summed E-state index contributed by atoms with van der Waals surface area (Å²) in [6.45, 7) is 2.83. The van der Waals surface area contributed by atoms with E-state index in [9.17, 15) is 0 Å². The summed E-state index contributed by atoms with van der Waals surface area (Å²) in [6, 6.07) is 16.3. The fourth-order valence-corrected chi connectivity index (χ4v) is 2.52. The third kappa shape index (κ3) is 4.52. The van der Waals surface area contributed by atoms with E-state index in [-0.39, 0.29) is 0 Å². The van der Waals surface area contributed by atoms with E-state index < -0.39 is 0 Å². The van der Waals surface area contributed by atoms with Gasteiger partial charge in [-0.2, -0.15) is 10.1 Å². The zero-order chi connectivity index (χ0) is 16.8. The Morgan fingerprint density at radius 1 is 1.08 bits per heavy atom. The Kier molecular flexibility index (Phi) is 5.38. The van der Waals surface area contributed by atoms with Gasteiger partial charge in [0.1, 0.15) is 0 Å². The Balaban J connectivity index is 1.60. The molecule has 0 saturated carbocycles. The summed E-state index contributed by atoms with van der Waals surface area (Å²) in [5.74, 6) is 1.18. The lowest BCUT2D eigenvalue weighted by molar-refractivity contribution is 0.950. The second-order valence-electron chi connectivity index (χ2n) is 5.42. The van der Waals surface area contributed by atoms with Crippen molar-refractivity contribution in [3.05, 3.63) is 70.3 Å². The van der Waals surface area contributed by atoms with Crippen LogP contribution in [-0.4, -0.2) is 21.7 Å². The molecule has 24 heavy (non-hydrogen) atoms. The normalized spacial score (nSPS) is 10.4. The number of anilines is 3. The molecule has 0 aliphatic heterocycles. The zero-order valence-electron chi connectivity index (χ0n) is 13.3. The summed E-state index contributed by atoms with van der Waals surface area (Å²) in [7, 11) is 0. The molecule has 1 heterocycles. The lowest BCUT2D eigenvalue weighted by atomic mass is 10.1. The summed E-state index contributed by atoms with van der Waals surface area (Å²) >= 11 is 3.49. The first kappa shape index (κ1) is 16.4. The van der Waals surface area contributed by atoms with Gasteiger partial charge in [0.2, 0.25) is 5.95 Å². The molecule has 0 fully saturated rings. The first-order valence-corrected chi connectivity index (χ1v) is 8.51. The van der Waals surface area contributed by atoms with Gasteiger partial charge in [0.25, 0.3) is 0 Å². The maximum Gasteiger partial charge on any atom is 0.249 e. The minimum atomic E-state index is 0.474. The Hall–Kier alpha value is -2.47. The van der Waals surface area contributed by atoms with Crippen LogP contribution in [0.5, 0.6) is 0 Å². The van der Waals surface area contributed by atoms with Crippen LogP contribution in [0.1, 0.15) is 11.1 Å². The van der Waals surface area contributed by atoms with E-state index in [2.05, 4.69) is 53.9 Å². The summed E-state index contributed by atoms with van der Waals surface area (Å²) < 4.78 is 1.07. The molecule has 0 aliphatic carbocycles. The highest BCUT2D eigenvalue weighted by Gasteiger charge is 2.03. The van der Waals surface area contributed by atoms with E-state index in [0.717, 1.165) is 28.7 Å². The van der Waals surface area contributed by atoms with Gasteiger partial charge in [0.05, 0.1) is 6.20 Å². The number of hydrogen-bond donors (Lipinski definition) is 2. The lowest BCUT2D eigenvalue weighted by Crippen LogP contribution is -2.08. The maximum atomic E-state index is 4.44. The summed E-state index contributed by atoms with van der Waals surface area (Å²) in [4.78, 5) is 4.44. The quantitative estimate of drug-likeness (QED) is 0.662. The predicted octanol–water partition coefficient (Wildman–Crippen LogP) is 4.34. The van der Waals surface area contributed by atoms with E-state index in [0.29, 0.717) is 11.8 Å². The average molecular weight is 384 g/mol. The number of halogens is 1. The predicted molar refractivity (Wildman–Crippen MR) is 101 cm³/mol. The molecule has 0 amide bonds. The first-order chi connectivity index (χ1) is 11.7. The van der Waals surface area contributed by atoms with Gasteiger partial charge < -0.3 is 10.6 Å². The van der Waals surface area contributed by atoms with Crippen molar-refractivity contribution in [3.8, 4) is 0 Å². The molecule has 0 bridgehead atoms. The Morgan fingerprint density at radius 3 is 2.71 bits per heavy atom. The molecule has 0 radical (unpaired) electrons. The smallest absolute Gasteiger partial charge is 0.249 e. The lowest BCUT2D eigenvalue weighted by Gasteiger charge is -2.08. The van der Waals surface area contributed by atoms with E-state index in [4.69, 9.17) is 0 Å². The van der Waals surface area contributed by atoms with Gasteiger partial charge in [-0.05, 0) is 42.7 Å². The van der Waals surface area contributed by atoms with Gasteiger partial charge in [-0.15, -0.1) is 5.10 Å². The van der Waals surface area contributed by atoms with Gasteiger partial charge in [-0.3, -0.25) is 0 Å². The molecule has 0 aliphatic rings. The molecule has 3 rings (SSSR count). The highest BCUT2D eigenvalue weighted by atomic mass is 79.9. The number of nitrogens with one attached hydrogen (secondary N) is 2. The topological polar surface area (TPSA) is 62.7 Å². The molecule has 0 atom stereocenters. The van der Waals surface area contributed by atoms with Crippen LogP contribution >= 0.6 is 15.9 Å². The number of aryl methyl sites for hydroxylation is 1. The third-order valence-electron chi connectivity index (χ3n) is 3.54. The summed E-state index contributed by atoms with van der Waals surface area (Å²) in [6.07, 6.45) is 2.56. The molecule has 2 N–H and O–H groups in total. The number of aromatic nitrogens is 3. The van der Waals surface area contributed by atoms with Crippen LogP contribution in [0, 0.1) is 6.92 Å². The van der Waals surface area contributed by atoms with Gasteiger partial charge >= 0.3 is 0 Å². The highest BCUT2D eigenvalue weighted by Crippen LogP contribution is 2.21. The van der Waals surface area contributed by atoms with Crippen LogP contribution in [0.3, 0.4) is 0 Å². The second kappa shape index (κ2) is 7.88. The van der Waals surface area contributed by atoms with Crippen LogP contribution in [0.15, 0.2) is 59.2 Å². The number of hydrogen-bond acceptors (Lipinski definition) is 5. The highest BCUT2D eigenvalue weighted by molar-refractivity contribution is 9.10. The van der Waals surface area contributed by atoms with Crippen molar-refractivity contribution in [1.82, 2.24) is 15.2 Å². The molecule has 0 unspecified atom stereocenters. The molecule has 1 aromatic heterocycles. The fourth-order valence-electron chi connectivity index (χ4n) is 2.27. The molecule has 6 heteroatoms. The minimum absolute atomic E-state index is 0.474. The Bertz CT molecular complexity index is 808. The molecule has 0 saturated heterocycles. The SMILES string of the molecule is Cc1cc(Nc2nncc(NCCc3ccccc3)n2)ccc1Br. The first-order valence-electron chi connectivity index (χ1n) is 7.71. The van der Waals surface area contributed by atoms with E-state index >= 15 is 0 Å². The average Bonchev–Trinajstić information content (AvgIpc) is 2.60. The molecule has 0 spiro atoms. The molecular weight excluding hydrogens is 366 g/mol. The van der Waals surface area contributed by atoms with Crippen LogP contribution in [0.25, 0.3) is 0 Å². The minimum Gasteiger partial charge on any atom is -0.368 e. The number of nitrogens with zero attached hydrogens (tertiary/aromatic N) is 3. The van der Waals surface area contributed by atoms with E-state index in [1.165, 1.54) is 5.56 Å². The van der Waals surface area contributed by atoms with Crippen molar-refractivity contribution in [2.45, 2.75) is 13.3 Å². The maximum absolute atomic E-state index is 4.44. The van der Waals surface area contributed by atoms with Crippen LogP contribution in [-0.2, 0) is 6.42 Å². The number of benzene rings is 2. The molecule has 3 aromatic rings. The standard InChI is InChI=1S/C18H18BrN5/c1-13-11-15(7-8-16(13)19)22-18-23-17(12-21-24-18)20-10-9-14-5-3-2-4-6-14/h2-8,11-12H,9-10H2,1H3,(H2,20,22,23,24). The molecular formula is C18H18BrN5. The van der Waals surface area contributed by atoms with Crippen molar-refractivity contribution >= 4 is 33.4 Å². The fraction of sp³-hybridized carbons (Fsp3) is 0.167. The third-order valence-corrected chi connectivity index (χ3v) is 4.43. The van der Waals surface area contributed by atoms with E-state index in [1.807, 2.05) is 43.3 Å². The summed E-state index contributed by atoms with van der Waals surface area (Å²) in [5.41, 5.74) is 3.36. The Labute approximate surface area is 149 Å². The molecule has 5 nitrogen and oxygen atoms in total. The molecule has 2 aromatic carbocycles. The van der Waals surface area contributed by atoms with Gasteiger partial charge in [-0.1, -0.05) is 46.3 Å². The molecule has 122 valence electrons. The Morgan fingerprint density at radius 2 is 1.92 bits per heavy atom. The summed E-state index contributed by atoms with van der Waals surface area (Å²) in [5, 5.41) is 14.5. The van der Waals surface area contributed by atoms with Crippen molar-refractivity contribution in [1.29, 1.82) is 0 Å². The van der Waals surface area contributed by atoms with E-state index in [1.54, 1.807) is 6.20 Å². The van der Waals surface area contributed by atoms with Gasteiger partial charge in [-0.25, -0.2) is 0 Å². The monoisotopic (exact) mass is 383 g/mol. The number of rotatable bonds is 6. The van der Waals surface area contributed by atoms with Crippen molar-refractivity contribution in [3.63, 3.8) is 0 Å². The van der Waals surface area contributed by atoms with Crippen LogP contribution in [0.4, 0.5) is 17.5 Å². The van der Waals surface area contributed by atoms with Crippen LogP contribution in [0.2, 0.25) is 0 Å².